The Kier molecular flexibility index (Phi) is 7.41. The van der Waals surface area contributed by atoms with Gasteiger partial charge in [0.2, 0.25) is 0 Å². The van der Waals surface area contributed by atoms with Gasteiger partial charge in [-0.05, 0) is 73.3 Å². The fourth-order valence-electron chi connectivity index (χ4n) is 4.98. The highest BCUT2D eigenvalue weighted by molar-refractivity contribution is 5.68. The minimum Gasteiger partial charge on any atom is -0.481 e. The van der Waals surface area contributed by atoms with Gasteiger partial charge in [0, 0.05) is 17.3 Å². The van der Waals surface area contributed by atoms with E-state index in [4.69, 9.17) is 0 Å². The number of hydrogen-bond acceptors (Lipinski definition) is 1. The number of rotatable bonds is 8. The Morgan fingerprint density at radius 2 is 1.78 bits per heavy atom. The maximum absolute atomic E-state index is 13.2. The predicted molar refractivity (Wildman–Crippen MR) is 120 cm³/mol. The molecule has 1 unspecified atom stereocenters. The van der Waals surface area contributed by atoms with E-state index in [1.807, 2.05) is 0 Å². The summed E-state index contributed by atoms with van der Waals surface area (Å²) in [6.45, 7) is 8.53. The van der Waals surface area contributed by atoms with Gasteiger partial charge in [0.15, 0.2) is 0 Å². The number of nitrogens with zero attached hydrogens (tertiary/aromatic N) is 1. The summed E-state index contributed by atoms with van der Waals surface area (Å²) in [5.74, 6) is -0.201. The van der Waals surface area contributed by atoms with E-state index >= 15 is 0 Å². The second-order valence-corrected chi connectivity index (χ2v) is 9.80. The van der Waals surface area contributed by atoms with Crippen molar-refractivity contribution in [2.75, 3.05) is 0 Å². The lowest BCUT2D eigenvalue weighted by molar-refractivity contribution is -0.138. The zero-order valence-corrected chi connectivity index (χ0v) is 19.4. The SMILES string of the molecule is CC(C)CC[C@H](c1ccc(C(F)(F)F)cc1)n1c(C(C)C)cc2c1C(CC(=O)O)CCC2. The van der Waals surface area contributed by atoms with E-state index in [0.717, 1.165) is 61.2 Å². The van der Waals surface area contributed by atoms with Crippen LogP contribution in [-0.2, 0) is 17.4 Å². The molecule has 32 heavy (non-hydrogen) atoms. The minimum absolute atomic E-state index is 0.0697. The maximum Gasteiger partial charge on any atom is 0.416 e. The van der Waals surface area contributed by atoms with Gasteiger partial charge in [-0.25, -0.2) is 0 Å². The lowest BCUT2D eigenvalue weighted by atomic mass is 9.85. The monoisotopic (exact) mass is 449 g/mol. The zero-order chi connectivity index (χ0) is 23.6. The largest absolute Gasteiger partial charge is 0.481 e. The van der Waals surface area contributed by atoms with Crippen LogP contribution in [0.25, 0.3) is 0 Å². The highest BCUT2D eigenvalue weighted by Gasteiger charge is 2.33. The fraction of sp³-hybridized carbons (Fsp3) is 0.577. The Bertz CT molecular complexity index is 926. The summed E-state index contributed by atoms with van der Waals surface area (Å²) in [5, 5.41) is 9.52. The van der Waals surface area contributed by atoms with Gasteiger partial charge in [0.25, 0.3) is 0 Å². The molecule has 1 aliphatic rings. The van der Waals surface area contributed by atoms with Crippen LogP contribution in [0, 0.1) is 5.92 Å². The molecule has 1 aromatic heterocycles. The summed E-state index contributed by atoms with van der Waals surface area (Å²) in [6, 6.07) is 7.61. The van der Waals surface area contributed by atoms with Gasteiger partial charge in [0.1, 0.15) is 0 Å². The Labute approximate surface area is 188 Å². The maximum atomic E-state index is 13.2. The van der Waals surface area contributed by atoms with E-state index in [1.165, 1.54) is 5.56 Å². The Balaban J connectivity index is 2.15. The molecule has 2 atom stereocenters. The van der Waals surface area contributed by atoms with Crippen molar-refractivity contribution in [1.29, 1.82) is 0 Å². The first-order valence-electron chi connectivity index (χ1n) is 11.6. The van der Waals surface area contributed by atoms with E-state index < -0.39 is 17.7 Å². The van der Waals surface area contributed by atoms with Crippen LogP contribution in [0.2, 0.25) is 0 Å². The third-order valence-corrected chi connectivity index (χ3v) is 6.54. The summed E-state index contributed by atoms with van der Waals surface area (Å²) in [5.41, 5.74) is 3.62. The molecule has 0 bridgehead atoms. The molecule has 1 heterocycles. The predicted octanol–water partition coefficient (Wildman–Crippen LogP) is 7.55. The molecular formula is C26H34F3NO2. The molecule has 1 aliphatic carbocycles. The Hall–Kier alpha value is -2.24. The molecule has 3 nitrogen and oxygen atoms in total. The lowest BCUT2D eigenvalue weighted by Gasteiger charge is -2.31. The van der Waals surface area contributed by atoms with Crippen LogP contribution >= 0.6 is 0 Å². The molecule has 1 N–H and O–H groups in total. The number of benzene rings is 1. The van der Waals surface area contributed by atoms with Crippen molar-refractivity contribution in [3.05, 3.63) is 58.4 Å². The van der Waals surface area contributed by atoms with Gasteiger partial charge in [-0.15, -0.1) is 0 Å². The standard InChI is InChI=1S/C26H34F3NO2/c1-16(2)8-13-22(18-9-11-21(12-10-18)26(27,28)29)30-23(17(3)4)14-19-6-5-7-20(25(19)30)15-24(31)32/h9-12,14,16-17,20,22H,5-8,13,15H2,1-4H3,(H,31,32)/t20?,22-/m1/s1. The summed E-state index contributed by atoms with van der Waals surface area (Å²) in [7, 11) is 0. The molecule has 0 saturated carbocycles. The average molecular weight is 450 g/mol. The number of hydrogen-bond donors (Lipinski definition) is 1. The lowest BCUT2D eigenvalue weighted by Crippen LogP contribution is -2.23. The van der Waals surface area contributed by atoms with Gasteiger partial charge < -0.3 is 9.67 Å². The van der Waals surface area contributed by atoms with Gasteiger partial charge >= 0.3 is 12.1 Å². The second kappa shape index (κ2) is 9.72. The third-order valence-electron chi connectivity index (χ3n) is 6.54. The van der Waals surface area contributed by atoms with Crippen molar-refractivity contribution in [2.24, 2.45) is 5.92 Å². The summed E-state index contributed by atoms with van der Waals surface area (Å²) in [4.78, 5) is 11.6. The zero-order valence-electron chi connectivity index (χ0n) is 19.4. The Morgan fingerprint density at radius 3 is 2.31 bits per heavy atom. The number of aliphatic carboxylic acids is 1. The molecule has 0 amide bonds. The normalized spacial score (nSPS) is 17.6. The second-order valence-electron chi connectivity index (χ2n) is 9.80. The van der Waals surface area contributed by atoms with Crippen LogP contribution in [0.5, 0.6) is 0 Å². The van der Waals surface area contributed by atoms with Gasteiger partial charge in [-0.2, -0.15) is 13.2 Å². The quantitative estimate of drug-likeness (QED) is 0.452. The molecule has 6 heteroatoms. The molecule has 176 valence electrons. The molecule has 0 spiro atoms. The highest BCUT2D eigenvalue weighted by Crippen LogP contribution is 2.42. The molecular weight excluding hydrogens is 415 g/mol. The number of halogens is 3. The summed E-state index contributed by atoms with van der Waals surface area (Å²) < 4.78 is 41.8. The number of aryl methyl sites for hydroxylation is 1. The van der Waals surface area contributed by atoms with Crippen molar-refractivity contribution >= 4 is 5.97 Å². The van der Waals surface area contributed by atoms with Crippen molar-refractivity contribution in [3.63, 3.8) is 0 Å². The van der Waals surface area contributed by atoms with E-state index in [-0.39, 0.29) is 24.3 Å². The Morgan fingerprint density at radius 1 is 1.12 bits per heavy atom. The molecule has 1 aromatic carbocycles. The van der Waals surface area contributed by atoms with Crippen LogP contribution in [0.3, 0.4) is 0 Å². The van der Waals surface area contributed by atoms with Gasteiger partial charge in [0.05, 0.1) is 18.0 Å². The smallest absolute Gasteiger partial charge is 0.416 e. The van der Waals surface area contributed by atoms with Crippen LogP contribution in [0.1, 0.15) is 106 Å². The van der Waals surface area contributed by atoms with E-state index in [0.29, 0.717) is 5.92 Å². The van der Waals surface area contributed by atoms with Crippen molar-refractivity contribution in [3.8, 4) is 0 Å². The number of fused-ring (bicyclic) bond motifs is 1. The van der Waals surface area contributed by atoms with E-state index in [2.05, 4.69) is 38.3 Å². The summed E-state index contributed by atoms with van der Waals surface area (Å²) >= 11 is 0. The van der Waals surface area contributed by atoms with Crippen LogP contribution < -0.4 is 0 Å². The first-order chi connectivity index (χ1) is 15.0. The number of aromatic nitrogens is 1. The number of alkyl halides is 3. The number of carboxylic acid groups (broad SMARTS) is 1. The number of carbonyl (C=O) groups is 1. The highest BCUT2D eigenvalue weighted by atomic mass is 19.4. The third kappa shape index (κ3) is 5.38. The molecule has 2 aromatic rings. The van der Waals surface area contributed by atoms with E-state index in [1.54, 1.807) is 12.1 Å². The van der Waals surface area contributed by atoms with Crippen LogP contribution in [0.15, 0.2) is 30.3 Å². The number of carboxylic acids is 1. The van der Waals surface area contributed by atoms with Crippen molar-refractivity contribution in [1.82, 2.24) is 4.57 Å². The van der Waals surface area contributed by atoms with Crippen molar-refractivity contribution < 1.29 is 23.1 Å². The summed E-state index contributed by atoms with van der Waals surface area (Å²) in [6.07, 6.45) is 0.145. The first-order valence-corrected chi connectivity index (χ1v) is 11.6. The molecule has 0 saturated heterocycles. The topological polar surface area (TPSA) is 42.2 Å². The fourth-order valence-corrected chi connectivity index (χ4v) is 4.98. The average Bonchev–Trinajstić information content (AvgIpc) is 3.08. The van der Waals surface area contributed by atoms with Gasteiger partial charge in [-0.3, -0.25) is 4.79 Å². The minimum atomic E-state index is -4.37. The molecule has 0 aliphatic heterocycles. The van der Waals surface area contributed by atoms with Crippen LogP contribution in [-0.4, -0.2) is 15.6 Å². The van der Waals surface area contributed by atoms with Gasteiger partial charge in [-0.1, -0.05) is 39.8 Å². The molecule has 0 radical (unpaired) electrons. The van der Waals surface area contributed by atoms with E-state index in [9.17, 15) is 23.1 Å². The molecule has 0 fully saturated rings. The van der Waals surface area contributed by atoms with Crippen LogP contribution in [0.4, 0.5) is 13.2 Å². The molecule has 3 rings (SSSR count). The first kappa shape index (κ1) is 24.4. The van der Waals surface area contributed by atoms with Crippen molar-refractivity contribution in [2.45, 2.75) is 90.3 Å².